The summed E-state index contributed by atoms with van der Waals surface area (Å²) in [6, 6.07) is 11.0. The number of hydrogen-bond donors (Lipinski definition) is 1. The molecule has 0 spiro atoms. The van der Waals surface area contributed by atoms with Crippen LogP contribution in [0.5, 0.6) is 0 Å². The van der Waals surface area contributed by atoms with E-state index in [4.69, 9.17) is 5.73 Å². The molecule has 0 aliphatic heterocycles. The van der Waals surface area contributed by atoms with Crippen molar-refractivity contribution >= 4 is 22.5 Å². The van der Waals surface area contributed by atoms with E-state index in [-0.39, 0.29) is 16.9 Å². The zero-order chi connectivity index (χ0) is 18.3. The highest BCUT2D eigenvalue weighted by Crippen LogP contribution is 2.14. The summed E-state index contributed by atoms with van der Waals surface area (Å²) in [5.74, 6) is 0.271. The molecular weight excluding hydrogens is 328 g/mol. The van der Waals surface area contributed by atoms with E-state index in [0.29, 0.717) is 23.2 Å². The van der Waals surface area contributed by atoms with Gasteiger partial charge in [-0.3, -0.25) is 14.2 Å². The maximum absolute atomic E-state index is 13.0. The lowest BCUT2D eigenvalue weighted by molar-refractivity contribution is -0.649. The third-order valence-corrected chi connectivity index (χ3v) is 4.28. The molecule has 0 aromatic carbocycles. The standard InChI is InChI=1S/C19H14N6O/c1-12-4-5-16-23-18-15(19(26)24(16)10-12)7-14(8-20)17(21)25(18)11-13-3-2-6-22-9-13/h2-7,9-10,21H,11H2,1H3/p+1. The maximum atomic E-state index is 13.0. The van der Waals surface area contributed by atoms with Gasteiger partial charge >= 0.3 is 0 Å². The lowest BCUT2D eigenvalue weighted by Gasteiger charge is -2.09. The summed E-state index contributed by atoms with van der Waals surface area (Å²) >= 11 is 0. The molecule has 0 fully saturated rings. The molecule has 0 atom stereocenters. The van der Waals surface area contributed by atoms with E-state index in [9.17, 15) is 10.1 Å². The van der Waals surface area contributed by atoms with Crippen molar-refractivity contribution < 1.29 is 4.57 Å². The number of rotatable bonds is 2. The summed E-state index contributed by atoms with van der Waals surface area (Å²) in [6.45, 7) is 2.27. The Morgan fingerprint density at radius 1 is 1.35 bits per heavy atom. The first-order valence-corrected chi connectivity index (χ1v) is 8.02. The average Bonchev–Trinajstić information content (AvgIpc) is 2.66. The normalized spacial score (nSPS) is 10.9. The minimum absolute atomic E-state index is 0.231. The van der Waals surface area contributed by atoms with Crippen molar-refractivity contribution in [1.82, 2.24) is 14.4 Å². The molecule has 4 aromatic heterocycles. The van der Waals surface area contributed by atoms with Crippen molar-refractivity contribution in [3.05, 3.63) is 76.0 Å². The highest BCUT2D eigenvalue weighted by Gasteiger charge is 2.21. The van der Waals surface area contributed by atoms with E-state index in [1.165, 1.54) is 10.5 Å². The molecule has 7 heteroatoms. The van der Waals surface area contributed by atoms with E-state index < -0.39 is 0 Å². The van der Waals surface area contributed by atoms with Crippen molar-refractivity contribution in [3.63, 3.8) is 0 Å². The average molecular weight is 343 g/mol. The van der Waals surface area contributed by atoms with Gasteiger partial charge < -0.3 is 5.73 Å². The molecule has 4 rings (SSSR count). The molecule has 2 N–H and O–H groups in total. The largest absolute Gasteiger partial charge is 0.317 e. The fourth-order valence-corrected chi connectivity index (χ4v) is 2.98. The van der Waals surface area contributed by atoms with Gasteiger partial charge in [0.2, 0.25) is 11.5 Å². The van der Waals surface area contributed by atoms with Crippen molar-refractivity contribution in [2.24, 2.45) is 0 Å². The van der Waals surface area contributed by atoms with E-state index in [2.05, 4.69) is 16.0 Å². The summed E-state index contributed by atoms with van der Waals surface area (Å²) < 4.78 is 3.18. The number of hydrogen-bond acceptors (Lipinski definition) is 5. The molecule has 0 aliphatic rings. The van der Waals surface area contributed by atoms with Crippen LogP contribution in [0.4, 0.5) is 5.82 Å². The molecule has 126 valence electrons. The molecule has 0 bridgehead atoms. The fourth-order valence-electron chi connectivity index (χ4n) is 2.98. The van der Waals surface area contributed by atoms with Crippen LogP contribution in [0.15, 0.2) is 53.7 Å². The summed E-state index contributed by atoms with van der Waals surface area (Å²) in [5.41, 5.74) is 9.02. The molecular formula is C19H15N6O+. The Labute approximate surface area is 148 Å². The number of aromatic nitrogens is 4. The predicted molar refractivity (Wildman–Crippen MR) is 96.4 cm³/mol. The Balaban J connectivity index is 2.10. The topological polar surface area (TPSA) is 101 Å². The SMILES string of the molecule is Cc1ccc2nc3c(cc(C#N)c(N)[n+]3Cc3cccnc3)c(=O)n2c1. The summed E-state index contributed by atoms with van der Waals surface area (Å²) in [4.78, 5) is 21.7. The highest BCUT2D eigenvalue weighted by molar-refractivity contribution is 5.76. The molecule has 0 saturated carbocycles. The lowest BCUT2D eigenvalue weighted by Crippen LogP contribution is -2.41. The summed E-state index contributed by atoms with van der Waals surface area (Å²) in [5, 5.41) is 9.78. The van der Waals surface area contributed by atoms with E-state index in [1.807, 2.05) is 25.1 Å². The van der Waals surface area contributed by atoms with Gasteiger partial charge in [0.1, 0.15) is 17.0 Å². The van der Waals surface area contributed by atoms with Gasteiger partial charge in [0, 0.05) is 24.2 Å². The number of fused-ring (bicyclic) bond motifs is 2. The molecule has 0 amide bonds. The quantitative estimate of drug-likeness (QED) is 0.437. The van der Waals surface area contributed by atoms with Crippen LogP contribution in [0.25, 0.3) is 16.7 Å². The Hall–Kier alpha value is -3.79. The molecule has 0 aliphatic carbocycles. The van der Waals surface area contributed by atoms with Gasteiger partial charge in [-0.2, -0.15) is 5.26 Å². The van der Waals surface area contributed by atoms with E-state index in [0.717, 1.165) is 11.1 Å². The Kier molecular flexibility index (Phi) is 3.59. The zero-order valence-corrected chi connectivity index (χ0v) is 14.0. The van der Waals surface area contributed by atoms with Crippen LogP contribution in [-0.2, 0) is 6.54 Å². The van der Waals surface area contributed by atoms with Crippen LogP contribution in [-0.4, -0.2) is 14.4 Å². The van der Waals surface area contributed by atoms with Crippen molar-refractivity contribution in [2.45, 2.75) is 13.5 Å². The number of pyridine rings is 3. The van der Waals surface area contributed by atoms with Gasteiger partial charge in [0.05, 0.1) is 6.54 Å². The number of nitrogen functional groups attached to an aromatic ring is 1. The minimum atomic E-state index is -0.231. The molecule has 0 saturated heterocycles. The minimum Gasteiger partial charge on any atom is -0.317 e. The molecule has 4 heterocycles. The second kappa shape index (κ2) is 5.93. The number of aryl methyl sites for hydroxylation is 1. The van der Waals surface area contributed by atoms with E-state index in [1.54, 1.807) is 29.2 Å². The Morgan fingerprint density at radius 2 is 2.19 bits per heavy atom. The predicted octanol–water partition coefficient (Wildman–Crippen LogP) is 1.34. The highest BCUT2D eigenvalue weighted by atomic mass is 16.1. The van der Waals surface area contributed by atoms with Crippen LogP contribution in [0.1, 0.15) is 16.7 Å². The van der Waals surface area contributed by atoms with Gasteiger partial charge in [-0.05, 0) is 30.7 Å². The van der Waals surface area contributed by atoms with Crippen LogP contribution in [0, 0.1) is 18.3 Å². The lowest BCUT2D eigenvalue weighted by atomic mass is 10.2. The number of nitrogens with zero attached hydrogens (tertiary/aromatic N) is 5. The molecule has 4 aromatic rings. The number of nitrogens with two attached hydrogens (primary N) is 1. The molecule has 26 heavy (non-hydrogen) atoms. The van der Waals surface area contributed by atoms with Gasteiger partial charge in [0.25, 0.3) is 11.2 Å². The number of anilines is 1. The summed E-state index contributed by atoms with van der Waals surface area (Å²) in [7, 11) is 0. The fraction of sp³-hybridized carbons (Fsp3) is 0.105. The Morgan fingerprint density at radius 3 is 2.92 bits per heavy atom. The third-order valence-electron chi connectivity index (χ3n) is 4.28. The van der Waals surface area contributed by atoms with Gasteiger partial charge in [-0.25, -0.2) is 4.57 Å². The van der Waals surface area contributed by atoms with Crippen LogP contribution in [0.3, 0.4) is 0 Å². The monoisotopic (exact) mass is 343 g/mol. The van der Waals surface area contributed by atoms with Crippen molar-refractivity contribution in [1.29, 1.82) is 5.26 Å². The van der Waals surface area contributed by atoms with Crippen LogP contribution in [0.2, 0.25) is 0 Å². The summed E-state index contributed by atoms with van der Waals surface area (Å²) in [6.07, 6.45) is 5.13. The Bertz CT molecular complexity index is 1250. The van der Waals surface area contributed by atoms with Gasteiger partial charge in [-0.15, -0.1) is 0 Å². The third kappa shape index (κ3) is 2.45. The first-order chi connectivity index (χ1) is 12.6. The molecule has 0 radical (unpaired) electrons. The van der Waals surface area contributed by atoms with Gasteiger partial charge in [-0.1, -0.05) is 17.1 Å². The smallest absolute Gasteiger partial charge is 0.278 e. The van der Waals surface area contributed by atoms with Crippen LogP contribution < -0.4 is 15.9 Å². The first kappa shape index (κ1) is 15.7. The van der Waals surface area contributed by atoms with Gasteiger partial charge in [0.15, 0.2) is 0 Å². The molecule has 7 nitrogen and oxygen atoms in total. The second-order valence-corrected chi connectivity index (χ2v) is 6.09. The zero-order valence-electron chi connectivity index (χ0n) is 14.0. The van der Waals surface area contributed by atoms with E-state index >= 15 is 0 Å². The van der Waals surface area contributed by atoms with Crippen molar-refractivity contribution in [2.75, 3.05) is 5.73 Å². The second-order valence-electron chi connectivity index (χ2n) is 6.09. The molecule has 0 unspecified atom stereocenters. The maximum Gasteiger partial charge on any atom is 0.278 e. The van der Waals surface area contributed by atoms with Crippen molar-refractivity contribution in [3.8, 4) is 6.07 Å². The van der Waals surface area contributed by atoms with Crippen LogP contribution >= 0.6 is 0 Å². The first-order valence-electron chi connectivity index (χ1n) is 8.02. The number of nitriles is 1.